The van der Waals surface area contributed by atoms with Crippen molar-refractivity contribution in [2.75, 3.05) is 0 Å². The van der Waals surface area contributed by atoms with Gasteiger partial charge in [0.2, 0.25) is 0 Å². The summed E-state index contributed by atoms with van der Waals surface area (Å²) in [5.74, 6) is 1.59. The van der Waals surface area contributed by atoms with Crippen molar-refractivity contribution in [2.45, 2.75) is 54.4 Å². The van der Waals surface area contributed by atoms with E-state index in [0.717, 1.165) is 5.76 Å². The molecule has 0 spiro atoms. The lowest BCUT2D eigenvalue weighted by Crippen LogP contribution is -1.79. The van der Waals surface area contributed by atoms with E-state index in [0.29, 0.717) is 5.92 Å². The summed E-state index contributed by atoms with van der Waals surface area (Å²) in [5, 5.41) is 0. The van der Waals surface area contributed by atoms with Gasteiger partial charge < -0.3 is 4.42 Å². The van der Waals surface area contributed by atoms with Crippen LogP contribution in [0.3, 0.4) is 0 Å². The van der Waals surface area contributed by atoms with Gasteiger partial charge in [-0.1, -0.05) is 41.5 Å². The maximum absolute atomic E-state index is 5.23. The summed E-state index contributed by atoms with van der Waals surface area (Å²) in [4.78, 5) is 0. The lowest BCUT2D eigenvalue weighted by atomic mass is 10.1. The van der Waals surface area contributed by atoms with Crippen LogP contribution in [0.25, 0.3) is 0 Å². The smallest absolute Gasteiger partial charge is 0.106 e. The van der Waals surface area contributed by atoms with Crippen molar-refractivity contribution < 1.29 is 4.42 Å². The first-order valence-corrected chi connectivity index (χ1v) is 5.25. The average molecular weight is 184 g/mol. The Bertz CT molecular complexity index is 187. The van der Waals surface area contributed by atoms with E-state index in [-0.39, 0.29) is 0 Å². The lowest BCUT2D eigenvalue weighted by Gasteiger charge is -1.95. The van der Waals surface area contributed by atoms with E-state index >= 15 is 0 Å². The van der Waals surface area contributed by atoms with Crippen LogP contribution in [-0.2, 0) is 0 Å². The fourth-order valence-electron chi connectivity index (χ4n) is 0.756. The number of hydrogen-bond donors (Lipinski definition) is 0. The summed E-state index contributed by atoms with van der Waals surface area (Å²) in [6, 6.07) is 2.07. The maximum atomic E-state index is 5.23. The van der Waals surface area contributed by atoms with E-state index in [4.69, 9.17) is 4.42 Å². The van der Waals surface area contributed by atoms with E-state index in [1.165, 1.54) is 5.56 Å². The highest BCUT2D eigenvalue weighted by atomic mass is 16.3. The zero-order valence-corrected chi connectivity index (χ0v) is 10.1. The highest BCUT2D eigenvalue weighted by Crippen LogP contribution is 2.16. The minimum absolute atomic E-state index is 0.513. The largest absolute Gasteiger partial charge is 0.469 e. The number of aryl methyl sites for hydroxylation is 1. The molecule has 1 rings (SSSR count). The third-order valence-corrected chi connectivity index (χ3v) is 1.32. The Kier molecular flexibility index (Phi) is 10.7. The van der Waals surface area contributed by atoms with Crippen molar-refractivity contribution in [3.63, 3.8) is 0 Å². The predicted molar refractivity (Wildman–Crippen MR) is 60.2 cm³/mol. The normalized spacial score (nSPS) is 8.31. The molecule has 78 valence electrons. The summed E-state index contributed by atoms with van der Waals surface area (Å²) >= 11 is 0. The Morgan fingerprint density at radius 1 is 1.08 bits per heavy atom. The molecule has 0 amide bonds. The monoisotopic (exact) mass is 184 g/mol. The van der Waals surface area contributed by atoms with Crippen LogP contribution in [-0.4, -0.2) is 0 Å². The molecule has 1 heteroatoms. The van der Waals surface area contributed by atoms with Gasteiger partial charge in [0.1, 0.15) is 5.76 Å². The second-order valence-electron chi connectivity index (χ2n) is 2.68. The lowest BCUT2D eigenvalue weighted by molar-refractivity contribution is 0.486. The molecular formula is C12H24O. The number of furan rings is 1. The molecule has 0 aliphatic heterocycles. The van der Waals surface area contributed by atoms with Gasteiger partial charge in [-0.05, 0) is 18.6 Å². The van der Waals surface area contributed by atoms with Gasteiger partial charge in [-0.3, -0.25) is 0 Å². The molecule has 0 saturated carbocycles. The third kappa shape index (κ3) is 6.44. The van der Waals surface area contributed by atoms with Crippen LogP contribution in [0.15, 0.2) is 16.7 Å². The van der Waals surface area contributed by atoms with Crippen LogP contribution in [0, 0.1) is 6.92 Å². The first kappa shape index (κ1) is 14.8. The minimum Gasteiger partial charge on any atom is -0.469 e. The van der Waals surface area contributed by atoms with Crippen molar-refractivity contribution in [2.24, 2.45) is 0 Å². The minimum atomic E-state index is 0.513. The van der Waals surface area contributed by atoms with Gasteiger partial charge in [0, 0.05) is 5.92 Å². The summed E-state index contributed by atoms with van der Waals surface area (Å²) in [7, 11) is 0. The third-order valence-electron chi connectivity index (χ3n) is 1.32. The van der Waals surface area contributed by atoms with Gasteiger partial charge in [0.25, 0.3) is 0 Å². The van der Waals surface area contributed by atoms with E-state index < -0.39 is 0 Å². The van der Waals surface area contributed by atoms with Gasteiger partial charge in [-0.15, -0.1) is 0 Å². The van der Waals surface area contributed by atoms with Crippen molar-refractivity contribution in [3.05, 3.63) is 23.7 Å². The predicted octanol–water partition coefficient (Wildman–Crippen LogP) is 4.76. The van der Waals surface area contributed by atoms with E-state index in [9.17, 15) is 0 Å². The van der Waals surface area contributed by atoms with Crippen LogP contribution >= 0.6 is 0 Å². The van der Waals surface area contributed by atoms with Crippen LogP contribution < -0.4 is 0 Å². The van der Waals surface area contributed by atoms with Crippen molar-refractivity contribution in [1.82, 2.24) is 0 Å². The molecule has 1 aromatic heterocycles. The van der Waals surface area contributed by atoms with Crippen LogP contribution in [0.5, 0.6) is 0 Å². The standard InChI is InChI=1S/C8H12O.2C2H6/c1-6(2)8-4-7(3)5-9-8;2*1-2/h4-6H,1-3H3;2*1-2H3. The number of hydrogen-bond acceptors (Lipinski definition) is 1. The summed E-state index contributed by atoms with van der Waals surface area (Å²) in [5.41, 5.74) is 1.21. The molecule has 0 bridgehead atoms. The maximum Gasteiger partial charge on any atom is 0.106 e. The zero-order chi connectivity index (χ0) is 10.9. The molecule has 0 radical (unpaired) electrons. The second-order valence-corrected chi connectivity index (χ2v) is 2.68. The van der Waals surface area contributed by atoms with Crippen molar-refractivity contribution in [3.8, 4) is 0 Å². The second kappa shape index (κ2) is 9.37. The summed E-state index contributed by atoms with van der Waals surface area (Å²) < 4.78 is 5.23. The van der Waals surface area contributed by atoms with Crippen LogP contribution in [0.2, 0.25) is 0 Å². The van der Waals surface area contributed by atoms with Crippen LogP contribution in [0.1, 0.15) is 58.8 Å². The SMILES string of the molecule is CC.CC.Cc1coc(C(C)C)c1. The molecule has 1 aromatic rings. The molecule has 1 nitrogen and oxygen atoms in total. The fraction of sp³-hybridized carbons (Fsp3) is 0.667. The molecule has 0 aliphatic rings. The molecule has 0 atom stereocenters. The Hall–Kier alpha value is -0.720. The molecule has 0 aromatic carbocycles. The van der Waals surface area contributed by atoms with E-state index in [1.54, 1.807) is 6.26 Å². The Balaban J connectivity index is 0. The topological polar surface area (TPSA) is 13.1 Å². The number of rotatable bonds is 1. The Morgan fingerprint density at radius 2 is 1.54 bits per heavy atom. The molecule has 0 saturated heterocycles. The first-order chi connectivity index (χ1) is 6.20. The van der Waals surface area contributed by atoms with E-state index in [1.807, 2.05) is 34.6 Å². The molecule has 1 heterocycles. The van der Waals surface area contributed by atoms with E-state index in [2.05, 4.69) is 19.9 Å². The molecular weight excluding hydrogens is 160 g/mol. The van der Waals surface area contributed by atoms with Gasteiger partial charge in [0.05, 0.1) is 6.26 Å². The highest BCUT2D eigenvalue weighted by Gasteiger charge is 2.01. The molecule has 13 heavy (non-hydrogen) atoms. The summed E-state index contributed by atoms with van der Waals surface area (Å²) in [6.45, 7) is 14.3. The average Bonchev–Trinajstić information content (AvgIpc) is 2.59. The molecule has 0 fully saturated rings. The molecule has 0 N–H and O–H groups in total. The Morgan fingerprint density at radius 3 is 1.69 bits per heavy atom. The fourth-order valence-corrected chi connectivity index (χ4v) is 0.756. The van der Waals surface area contributed by atoms with Crippen molar-refractivity contribution in [1.29, 1.82) is 0 Å². The first-order valence-electron chi connectivity index (χ1n) is 5.25. The van der Waals surface area contributed by atoms with Gasteiger partial charge >= 0.3 is 0 Å². The van der Waals surface area contributed by atoms with Gasteiger partial charge in [-0.2, -0.15) is 0 Å². The summed E-state index contributed by atoms with van der Waals surface area (Å²) in [6.07, 6.45) is 1.79. The zero-order valence-electron chi connectivity index (χ0n) is 10.1. The van der Waals surface area contributed by atoms with Crippen molar-refractivity contribution >= 4 is 0 Å². The van der Waals surface area contributed by atoms with Gasteiger partial charge in [0.15, 0.2) is 0 Å². The Labute approximate surface area is 83.2 Å². The van der Waals surface area contributed by atoms with Gasteiger partial charge in [-0.25, -0.2) is 0 Å². The molecule has 0 aliphatic carbocycles. The molecule has 0 unspecified atom stereocenters. The highest BCUT2D eigenvalue weighted by molar-refractivity contribution is 5.12. The van der Waals surface area contributed by atoms with Crippen LogP contribution in [0.4, 0.5) is 0 Å². The quantitative estimate of drug-likeness (QED) is 0.613.